The number of benzene rings is 1. The summed E-state index contributed by atoms with van der Waals surface area (Å²) >= 11 is 3.48. The fourth-order valence-electron chi connectivity index (χ4n) is 2.14. The van der Waals surface area contributed by atoms with Crippen molar-refractivity contribution >= 4 is 29.2 Å². The highest BCUT2D eigenvalue weighted by molar-refractivity contribution is 9.09. The van der Waals surface area contributed by atoms with E-state index in [9.17, 15) is 0 Å². The minimum Gasteiger partial charge on any atom is -0.373 e. The van der Waals surface area contributed by atoms with Gasteiger partial charge < -0.3 is 4.74 Å². The number of epoxide rings is 1. The molecule has 2 atom stereocenters. The molecule has 0 aromatic heterocycles. The average molecular weight is 285 g/mol. The summed E-state index contributed by atoms with van der Waals surface area (Å²) in [6.45, 7) is 4.81. The minimum absolute atomic E-state index is 0.506. The van der Waals surface area contributed by atoms with Gasteiger partial charge in [-0.1, -0.05) is 64.5 Å². The van der Waals surface area contributed by atoms with Crippen LogP contribution in [0.25, 0.3) is 0 Å². The Kier molecular flexibility index (Phi) is 3.33. The fraction of sp³-hybridized carbons (Fsp3) is 0.500. The van der Waals surface area contributed by atoms with E-state index in [1.807, 2.05) is 0 Å². The fourth-order valence-corrected chi connectivity index (χ4v) is 5.58. The molecule has 0 spiro atoms. The first-order chi connectivity index (χ1) is 7.16. The molecular weight excluding hydrogens is 268 g/mol. The van der Waals surface area contributed by atoms with E-state index in [1.54, 1.807) is 0 Å². The van der Waals surface area contributed by atoms with Gasteiger partial charge in [-0.05, 0) is 6.42 Å². The maximum atomic E-state index is 5.81. The van der Waals surface area contributed by atoms with Gasteiger partial charge in [0, 0.05) is 5.33 Å². The van der Waals surface area contributed by atoms with E-state index in [1.165, 1.54) is 5.19 Å². The minimum atomic E-state index is -1.39. The van der Waals surface area contributed by atoms with Crippen LogP contribution in [0.2, 0.25) is 13.1 Å². The van der Waals surface area contributed by atoms with Gasteiger partial charge in [-0.25, -0.2) is 0 Å². The summed E-state index contributed by atoms with van der Waals surface area (Å²) in [6.07, 6.45) is 1.65. The van der Waals surface area contributed by atoms with Gasteiger partial charge in [0.15, 0.2) is 0 Å². The lowest BCUT2D eigenvalue weighted by atomic mass is 10.4. The number of hydrogen-bond donors (Lipinski definition) is 0. The van der Waals surface area contributed by atoms with Gasteiger partial charge in [-0.2, -0.15) is 0 Å². The van der Waals surface area contributed by atoms with Crippen LogP contribution in [0, 0.1) is 0 Å². The third kappa shape index (κ3) is 2.35. The van der Waals surface area contributed by atoms with Gasteiger partial charge in [0.1, 0.15) is 8.07 Å². The number of rotatable bonds is 4. The van der Waals surface area contributed by atoms with E-state index in [0.717, 1.165) is 11.8 Å². The summed E-state index contributed by atoms with van der Waals surface area (Å²) in [7, 11) is -1.39. The van der Waals surface area contributed by atoms with Gasteiger partial charge in [0.05, 0.1) is 11.8 Å². The van der Waals surface area contributed by atoms with Gasteiger partial charge in [0.25, 0.3) is 0 Å². The average Bonchev–Trinajstić information content (AvgIpc) is 3.00. The van der Waals surface area contributed by atoms with Crippen molar-refractivity contribution in [2.24, 2.45) is 0 Å². The lowest BCUT2D eigenvalue weighted by Gasteiger charge is -2.20. The van der Waals surface area contributed by atoms with Crippen LogP contribution in [0.3, 0.4) is 0 Å². The monoisotopic (exact) mass is 284 g/mol. The normalized spacial score (nSPS) is 25.3. The van der Waals surface area contributed by atoms with Crippen molar-refractivity contribution in [1.29, 1.82) is 0 Å². The molecule has 0 bridgehead atoms. The molecule has 0 saturated carbocycles. The first-order valence-corrected chi connectivity index (χ1v) is 9.63. The summed E-state index contributed by atoms with van der Waals surface area (Å²) in [5, 5.41) is 2.56. The Balaban J connectivity index is 2.09. The van der Waals surface area contributed by atoms with Crippen LogP contribution in [-0.2, 0) is 4.74 Å². The Bertz CT molecular complexity index is 326. The summed E-state index contributed by atoms with van der Waals surface area (Å²) in [6, 6.07) is 10.8. The summed E-state index contributed by atoms with van der Waals surface area (Å²) in [5.74, 6) is 0. The quantitative estimate of drug-likeness (QED) is 0.471. The first-order valence-electron chi connectivity index (χ1n) is 5.43. The molecule has 1 aromatic carbocycles. The molecule has 1 saturated heterocycles. The molecule has 1 aliphatic rings. The topological polar surface area (TPSA) is 12.5 Å². The van der Waals surface area contributed by atoms with Crippen LogP contribution in [0.4, 0.5) is 0 Å². The maximum absolute atomic E-state index is 5.81. The van der Waals surface area contributed by atoms with E-state index >= 15 is 0 Å². The largest absolute Gasteiger partial charge is 0.373 e. The zero-order chi connectivity index (χ0) is 10.9. The van der Waals surface area contributed by atoms with Gasteiger partial charge in [0.2, 0.25) is 0 Å². The molecule has 82 valence electrons. The second-order valence-electron chi connectivity index (χ2n) is 4.66. The summed E-state index contributed by atoms with van der Waals surface area (Å²) < 4.78 is 5.81. The van der Waals surface area contributed by atoms with E-state index in [2.05, 4.69) is 59.4 Å². The molecule has 0 aliphatic carbocycles. The number of alkyl halides is 1. The molecule has 1 aromatic rings. The van der Waals surface area contributed by atoms with Crippen LogP contribution in [-0.4, -0.2) is 25.2 Å². The number of hydrogen-bond acceptors (Lipinski definition) is 1. The van der Waals surface area contributed by atoms with Crippen LogP contribution in [0.5, 0.6) is 0 Å². The van der Waals surface area contributed by atoms with Crippen LogP contribution < -0.4 is 5.19 Å². The SMILES string of the molecule is C[Si](C)(c1ccccc1)[C@H]1O[C@@H]1CCBr. The molecule has 0 unspecified atom stereocenters. The predicted octanol–water partition coefficient (Wildman–Crippen LogP) is 2.69. The van der Waals surface area contributed by atoms with Gasteiger partial charge in [-0.15, -0.1) is 0 Å². The molecule has 1 heterocycles. The van der Waals surface area contributed by atoms with Crippen molar-refractivity contribution in [2.75, 3.05) is 5.33 Å². The zero-order valence-electron chi connectivity index (χ0n) is 9.24. The molecule has 15 heavy (non-hydrogen) atoms. The van der Waals surface area contributed by atoms with Crippen molar-refractivity contribution in [1.82, 2.24) is 0 Å². The van der Waals surface area contributed by atoms with Crippen molar-refractivity contribution in [2.45, 2.75) is 31.3 Å². The standard InChI is InChI=1S/C12H17BrOSi/c1-15(2,10-6-4-3-5-7-10)12-11(14-12)8-9-13/h3-7,11-12H,8-9H2,1-2H3/t11-,12-/m1/s1. The van der Waals surface area contributed by atoms with Crippen molar-refractivity contribution < 1.29 is 4.74 Å². The molecule has 0 N–H and O–H groups in total. The molecule has 0 amide bonds. The van der Waals surface area contributed by atoms with Crippen LogP contribution in [0.1, 0.15) is 6.42 Å². The Morgan fingerprint density at radius 2 is 1.93 bits per heavy atom. The molecule has 2 rings (SSSR count). The summed E-state index contributed by atoms with van der Waals surface area (Å²) in [4.78, 5) is 0. The van der Waals surface area contributed by atoms with Crippen molar-refractivity contribution in [3.63, 3.8) is 0 Å². The smallest absolute Gasteiger partial charge is 0.116 e. The molecule has 0 radical (unpaired) electrons. The van der Waals surface area contributed by atoms with E-state index < -0.39 is 8.07 Å². The Morgan fingerprint density at radius 1 is 1.27 bits per heavy atom. The Morgan fingerprint density at radius 3 is 2.53 bits per heavy atom. The molecular formula is C12H17BrOSi. The molecule has 3 heteroatoms. The lowest BCUT2D eigenvalue weighted by molar-refractivity contribution is 0.392. The number of halogens is 1. The summed E-state index contributed by atoms with van der Waals surface area (Å²) in [5.41, 5.74) is 0.525. The maximum Gasteiger partial charge on any atom is 0.116 e. The van der Waals surface area contributed by atoms with Crippen LogP contribution >= 0.6 is 15.9 Å². The zero-order valence-corrected chi connectivity index (χ0v) is 11.8. The van der Waals surface area contributed by atoms with E-state index in [-0.39, 0.29) is 0 Å². The highest BCUT2D eigenvalue weighted by Crippen LogP contribution is 2.33. The third-order valence-electron chi connectivity index (χ3n) is 3.21. The third-order valence-corrected chi connectivity index (χ3v) is 7.41. The second kappa shape index (κ2) is 4.40. The molecule has 1 fully saturated rings. The highest BCUT2D eigenvalue weighted by atomic mass is 79.9. The molecule has 1 nitrogen and oxygen atoms in total. The number of ether oxygens (including phenoxy) is 1. The highest BCUT2D eigenvalue weighted by Gasteiger charge is 2.50. The van der Waals surface area contributed by atoms with Crippen molar-refractivity contribution in [3.05, 3.63) is 30.3 Å². The van der Waals surface area contributed by atoms with E-state index in [0.29, 0.717) is 11.8 Å². The predicted molar refractivity (Wildman–Crippen MR) is 70.6 cm³/mol. The van der Waals surface area contributed by atoms with Gasteiger partial charge >= 0.3 is 0 Å². The first kappa shape index (κ1) is 11.4. The van der Waals surface area contributed by atoms with Crippen LogP contribution in [0.15, 0.2) is 30.3 Å². The molecule has 1 aliphatic heterocycles. The Labute approximate surface area is 101 Å². The van der Waals surface area contributed by atoms with E-state index in [4.69, 9.17) is 4.74 Å². The van der Waals surface area contributed by atoms with Crippen molar-refractivity contribution in [3.8, 4) is 0 Å². The lowest BCUT2D eigenvalue weighted by Crippen LogP contribution is -2.48. The second-order valence-corrected chi connectivity index (χ2v) is 10.0. The Hall–Kier alpha value is -0.123. The van der Waals surface area contributed by atoms with Gasteiger partial charge in [-0.3, -0.25) is 0 Å².